The quantitative estimate of drug-likeness (QED) is 0.474. The van der Waals surface area contributed by atoms with E-state index in [1.54, 1.807) is 34.1 Å². The molecule has 0 saturated heterocycles. The van der Waals surface area contributed by atoms with Crippen molar-refractivity contribution in [1.29, 1.82) is 0 Å². The van der Waals surface area contributed by atoms with Crippen LogP contribution in [0.1, 0.15) is 5.82 Å². The first kappa shape index (κ1) is 18.5. The van der Waals surface area contributed by atoms with Gasteiger partial charge in [-0.3, -0.25) is 0 Å². The Labute approximate surface area is 165 Å². The second kappa shape index (κ2) is 8.05. The lowest BCUT2D eigenvalue weighted by atomic mass is 10.2. The van der Waals surface area contributed by atoms with Gasteiger partial charge in [-0.25, -0.2) is 13.1 Å². The van der Waals surface area contributed by atoms with Crippen LogP contribution in [0.2, 0.25) is 0 Å². The minimum atomic E-state index is -3.53. The molecule has 0 atom stereocenters. The summed E-state index contributed by atoms with van der Waals surface area (Å²) < 4.78 is 34.0. The predicted molar refractivity (Wildman–Crippen MR) is 107 cm³/mol. The number of ether oxygens (including phenoxy) is 1. The Balaban J connectivity index is 1.41. The van der Waals surface area contributed by atoms with E-state index in [1.165, 1.54) is 0 Å². The summed E-state index contributed by atoms with van der Waals surface area (Å²) >= 11 is 1.58. The van der Waals surface area contributed by atoms with E-state index in [4.69, 9.17) is 4.74 Å². The maximum absolute atomic E-state index is 12.2. The zero-order chi connectivity index (χ0) is 19.4. The summed E-state index contributed by atoms with van der Waals surface area (Å²) in [5, 5.41) is 16.6. The summed E-state index contributed by atoms with van der Waals surface area (Å²) in [7, 11) is -3.53. The molecule has 3 heterocycles. The Morgan fingerprint density at radius 3 is 2.71 bits per heavy atom. The second-order valence-electron chi connectivity index (χ2n) is 5.92. The van der Waals surface area contributed by atoms with Crippen molar-refractivity contribution in [1.82, 2.24) is 24.5 Å². The average Bonchev–Trinajstić information content (AvgIpc) is 3.37. The van der Waals surface area contributed by atoms with E-state index in [0.29, 0.717) is 17.2 Å². The lowest BCUT2D eigenvalue weighted by molar-refractivity contribution is 0.340. The van der Waals surface area contributed by atoms with Gasteiger partial charge in [-0.05, 0) is 35.7 Å². The third kappa shape index (κ3) is 4.35. The fourth-order valence-corrected chi connectivity index (χ4v) is 3.99. The van der Waals surface area contributed by atoms with E-state index in [2.05, 4.69) is 20.0 Å². The van der Waals surface area contributed by atoms with Gasteiger partial charge in [0.15, 0.2) is 11.5 Å². The Kier molecular flexibility index (Phi) is 5.33. The lowest BCUT2D eigenvalue weighted by Gasteiger charge is -2.08. The van der Waals surface area contributed by atoms with Crippen molar-refractivity contribution in [2.45, 2.75) is 6.54 Å². The van der Waals surface area contributed by atoms with Crippen molar-refractivity contribution in [2.75, 3.05) is 12.4 Å². The summed E-state index contributed by atoms with van der Waals surface area (Å²) in [6.07, 6.45) is 0. The molecule has 0 radical (unpaired) electrons. The molecule has 0 spiro atoms. The highest BCUT2D eigenvalue weighted by Crippen LogP contribution is 2.20. The SMILES string of the molecule is O=S(=O)(CCOc1ccccc1)NCc1nnc2ccc(-c3ccsc3)nn12. The number of nitrogens with one attached hydrogen (secondary N) is 1. The smallest absolute Gasteiger partial charge is 0.215 e. The Bertz CT molecular complexity index is 1160. The average molecular weight is 416 g/mol. The van der Waals surface area contributed by atoms with Crippen molar-refractivity contribution >= 4 is 27.0 Å². The third-order valence-corrected chi connectivity index (χ3v) is 5.93. The molecule has 0 saturated carbocycles. The van der Waals surface area contributed by atoms with Crippen LogP contribution in [-0.2, 0) is 16.6 Å². The number of aromatic nitrogens is 4. The zero-order valence-electron chi connectivity index (χ0n) is 14.7. The van der Waals surface area contributed by atoms with Gasteiger partial charge in [-0.1, -0.05) is 18.2 Å². The first-order chi connectivity index (χ1) is 13.6. The number of para-hydroxylation sites is 1. The van der Waals surface area contributed by atoms with Crippen molar-refractivity contribution in [3.63, 3.8) is 0 Å². The summed E-state index contributed by atoms with van der Waals surface area (Å²) in [5.74, 6) is 0.887. The van der Waals surface area contributed by atoms with Crippen molar-refractivity contribution < 1.29 is 13.2 Å². The minimum Gasteiger partial charge on any atom is -0.492 e. The summed E-state index contributed by atoms with van der Waals surface area (Å²) in [5.41, 5.74) is 2.32. The van der Waals surface area contributed by atoms with Crippen LogP contribution in [0, 0.1) is 0 Å². The van der Waals surface area contributed by atoms with Gasteiger partial charge in [0.05, 0.1) is 18.0 Å². The maximum Gasteiger partial charge on any atom is 0.215 e. The second-order valence-corrected chi connectivity index (χ2v) is 8.62. The number of fused-ring (bicyclic) bond motifs is 1. The monoisotopic (exact) mass is 415 g/mol. The van der Waals surface area contributed by atoms with E-state index in [0.717, 1.165) is 11.3 Å². The lowest BCUT2D eigenvalue weighted by Crippen LogP contribution is -2.29. The van der Waals surface area contributed by atoms with Crippen molar-refractivity contribution in [2.24, 2.45) is 0 Å². The van der Waals surface area contributed by atoms with Crippen molar-refractivity contribution in [3.8, 4) is 17.0 Å². The van der Waals surface area contributed by atoms with Gasteiger partial charge >= 0.3 is 0 Å². The standard InChI is InChI=1S/C18H17N5O3S2/c24-28(25,11-9-26-15-4-2-1-3-5-15)19-12-18-21-20-17-7-6-16(22-23(17)18)14-8-10-27-13-14/h1-8,10,13,19H,9,11-12H2. The molecule has 28 heavy (non-hydrogen) atoms. The summed E-state index contributed by atoms with van der Waals surface area (Å²) in [6.45, 7) is 0.0510. The van der Waals surface area contributed by atoms with Gasteiger partial charge in [0.2, 0.25) is 10.0 Å². The van der Waals surface area contributed by atoms with E-state index >= 15 is 0 Å². The van der Waals surface area contributed by atoms with Crippen LogP contribution in [0.4, 0.5) is 0 Å². The van der Waals surface area contributed by atoms with Crippen LogP contribution in [-0.4, -0.2) is 40.6 Å². The van der Waals surface area contributed by atoms with Crippen LogP contribution in [0.15, 0.2) is 59.3 Å². The molecule has 0 fully saturated rings. The highest BCUT2D eigenvalue weighted by Gasteiger charge is 2.14. The normalized spacial score (nSPS) is 11.7. The van der Waals surface area contributed by atoms with Crippen LogP contribution in [0.5, 0.6) is 5.75 Å². The van der Waals surface area contributed by atoms with E-state index in [9.17, 15) is 8.42 Å². The fourth-order valence-electron chi connectivity index (χ4n) is 2.54. The van der Waals surface area contributed by atoms with Crippen LogP contribution < -0.4 is 9.46 Å². The highest BCUT2D eigenvalue weighted by molar-refractivity contribution is 7.89. The molecule has 4 aromatic rings. The minimum absolute atomic E-state index is 0.00503. The van der Waals surface area contributed by atoms with Crippen LogP contribution in [0.25, 0.3) is 16.9 Å². The molecule has 0 amide bonds. The number of sulfonamides is 1. The Hall–Kier alpha value is -2.82. The van der Waals surface area contributed by atoms with Gasteiger partial charge in [0, 0.05) is 10.9 Å². The molecule has 1 N–H and O–H groups in total. The molecule has 3 aromatic heterocycles. The number of nitrogens with zero attached hydrogens (tertiary/aromatic N) is 4. The van der Waals surface area contributed by atoms with Gasteiger partial charge < -0.3 is 4.74 Å². The van der Waals surface area contributed by atoms with Gasteiger partial charge in [-0.2, -0.15) is 21.0 Å². The molecule has 4 rings (SSSR count). The first-order valence-electron chi connectivity index (χ1n) is 8.50. The van der Waals surface area contributed by atoms with Crippen LogP contribution >= 0.6 is 11.3 Å². The molecule has 0 aliphatic heterocycles. The maximum atomic E-state index is 12.2. The number of benzene rings is 1. The fraction of sp³-hybridized carbons (Fsp3) is 0.167. The number of hydrogen-bond acceptors (Lipinski definition) is 7. The molecule has 144 valence electrons. The van der Waals surface area contributed by atoms with E-state index < -0.39 is 10.0 Å². The number of hydrogen-bond donors (Lipinski definition) is 1. The predicted octanol–water partition coefficient (Wildman–Crippen LogP) is 2.35. The molecule has 0 unspecified atom stereocenters. The number of thiophene rings is 1. The molecule has 0 aliphatic rings. The largest absolute Gasteiger partial charge is 0.492 e. The molecular formula is C18H17N5O3S2. The third-order valence-electron chi connectivity index (χ3n) is 3.96. The van der Waals surface area contributed by atoms with Gasteiger partial charge in [0.1, 0.15) is 12.4 Å². The topological polar surface area (TPSA) is 98.5 Å². The first-order valence-corrected chi connectivity index (χ1v) is 11.1. The Morgan fingerprint density at radius 2 is 1.93 bits per heavy atom. The van der Waals surface area contributed by atoms with Crippen LogP contribution in [0.3, 0.4) is 0 Å². The molecular weight excluding hydrogens is 398 g/mol. The van der Waals surface area contributed by atoms with Gasteiger partial charge in [-0.15, -0.1) is 10.2 Å². The van der Waals surface area contributed by atoms with E-state index in [1.807, 2.05) is 41.1 Å². The molecule has 1 aromatic carbocycles. The van der Waals surface area contributed by atoms with E-state index in [-0.39, 0.29) is 18.9 Å². The molecule has 8 nitrogen and oxygen atoms in total. The molecule has 0 bridgehead atoms. The zero-order valence-corrected chi connectivity index (χ0v) is 16.4. The van der Waals surface area contributed by atoms with Crippen molar-refractivity contribution in [3.05, 3.63) is 65.1 Å². The Morgan fingerprint density at radius 1 is 1.07 bits per heavy atom. The highest BCUT2D eigenvalue weighted by atomic mass is 32.2. The number of rotatable bonds is 8. The molecule has 10 heteroatoms. The molecule has 0 aliphatic carbocycles. The van der Waals surface area contributed by atoms with Gasteiger partial charge in [0.25, 0.3) is 0 Å². The summed E-state index contributed by atoms with van der Waals surface area (Å²) in [4.78, 5) is 0. The summed E-state index contributed by atoms with van der Waals surface area (Å²) in [6, 6.07) is 14.7.